The third-order valence-electron chi connectivity index (χ3n) is 1.84. The average molecular weight is 237 g/mol. The van der Waals surface area contributed by atoms with Crippen LogP contribution in [0.2, 0.25) is 0 Å². The van der Waals surface area contributed by atoms with Gasteiger partial charge < -0.3 is 4.74 Å². The quantitative estimate of drug-likeness (QED) is 0.448. The van der Waals surface area contributed by atoms with Gasteiger partial charge in [0.2, 0.25) is 5.95 Å². The molecule has 0 bridgehead atoms. The Kier molecular flexibility index (Phi) is 3.46. The highest BCUT2D eigenvalue weighted by Crippen LogP contribution is 2.33. The fourth-order valence-electron chi connectivity index (χ4n) is 1.15. The molecule has 0 spiro atoms. The summed E-state index contributed by atoms with van der Waals surface area (Å²) in [5.74, 6) is -2.52. The number of carbonyl (C=O) groups is 1. The highest BCUT2D eigenvalue weighted by Gasteiger charge is 2.37. The zero-order valence-corrected chi connectivity index (χ0v) is 8.14. The van der Waals surface area contributed by atoms with Crippen molar-refractivity contribution in [2.45, 2.75) is 12.6 Å². The van der Waals surface area contributed by atoms with Gasteiger partial charge in [-0.15, -0.1) is 0 Å². The normalized spacial score (nSPS) is 11.3. The molecule has 0 aliphatic carbocycles. The van der Waals surface area contributed by atoms with E-state index in [0.29, 0.717) is 0 Å². The van der Waals surface area contributed by atoms with Crippen LogP contribution in [0.1, 0.15) is 11.1 Å². The number of alkyl halides is 3. The predicted octanol–water partition coefficient (Wildman–Crippen LogP) is 1.95. The van der Waals surface area contributed by atoms with Crippen LogP contribution in [0.5, 0.6) is 0 Å². The molecule has 1 aromatic rings. The number of carbonyl (C=O) groups excluding carboxylic acids is 1. The van der Waals surface area contributed by atoms with Crippen molar-refractivity contribution < 1.29 is 27.1 Å². The smallest absolute Gasteiger partial charge is 0.421 e. The maximum Gasteiger partial charge on any atom is 0.421 e. The summed E-state index contributed by atoms with van der Waals surface area (Å²) in [6.07, 6.45) is -4.67. The largest absolute Gasteiger partial charge is 0.469 e. The summed E-state index contributed by atoms with van der Waals surface area (Å²) in [5, 5.41) is 0. The van der Waals surface area contributed by atoms with Gasteiger partial charge in [0.05, 0.1) is 13.5 Å². The van der Waals surface area contributed by atoms with E-state index in [1.165, 1.54) is 0 Å². The fourth-order valence-corrected chi connectivity index (χ4v) is 1.15. The van der Waals surface area contributed by atoms with Crippen LogP contribution in [0.4, 0.5) is 17.6 Å². The summed E-state index contributed by atoms with van der Waals surface area (Å²) >= 11 is 0. The van der Waals surface area contributed by atoms with Crippen LogP contribution in [-0.2, 0) is 22.1 Å². The number of halogens is 4. The Morgan fingerprint density at radius 1 is 1.50 bits per heavy atom. The third-order valence-corrected chi connectivity index (χ3v) is 1.84. The molecule has 1 aromatic heterocycles. The highest BCUT2D eigenvalue weighted by atomic mass is 19.4. The zero-order valence-electron chi connectivity index (χ0n) is 8.14. The lowest BCUT2D eigenvalue weighted by Gasteiger charge is -2.11. The van der Waals surface area contributed by atoms with Crippen molar-refractivity contribution in [1.82, 2.24) is 4.98 Å². The lowest BCUT2D eigenvalue weighted by atomic mass is 10.1. The Hall–Kier alpha value is -1.66. The number of rotatable bonds is 2. The minimum atomic E-state index is -4.89. The molecule has 0 saturated carbocycles. The van der Waals surface area contributed by atoms with Gasteiger partial charge in [0.1, 0.15) is 5.56 Å². The highest BCUT2D eigenvalue weighted by molar-refractivity contribution is 5.72. The van der Waals surface area contributed by atoms with E-state index in [9.17, 15) is 22.4 Å². The topological polar surface area (TPSA) is 39.2 Å². The maximum atomic E-state index is 12.9. The predicted molar refractivity (Wildman–Crippen MR) is 44.9 cm³/mol. The van der Waals surface area contributed by atoms with E-state index in [4.69, 9.17) is 0 Å². The molecule has 16 heavy (non-hydrogen) atoms. The molecular weight excluding hydrogens is 230 g/mol. The molecule has 0 aliphatic rings. The minimum Gasteiger partial charge on any atom is -0.469 e. The van der Waals surface area contributed by atoms with Crippen molar-refractivity contribution in [1.29, 1.82) is 0 Å². The first kappa shape index (κ1) is 12.4. The lowest BCUT2D eigenvalue weighted by Crippen LogP contribution is -2.16. The zero-order chi connectivity index (χ0) is 12.3. The van der Waals surface area contributed by atoms with Gasteiger partial charge in [-0.2, -0.15) is 17.6 Å². The second kappa shape index (κ2) is 4.46. The number of esters is 1. The average Bonchev–Trinajstić information content (AvgIpc) is 2.15. The van der Waals surface area contributed by atoms with E-state index in [1.807, 2.05) is 0 Å². The molecule has 88 valence electrons. The number of hydrogen-bond donors (Lipinski definition) is 0. The standard InChI is InChI=1S/C9H7F4NO2/c1-16-6(15)4-5-2-3-14-8(10)7(5)9(11,12)13/h2-3H,4H2,1H3. The molecule has 0 saturated heterocycles. The van der Waals surface area contributed by atoms with Gasteiger partial charge in [-0.1, -0.05) is 0 Å². The molecular formula is C9H7F4NO2. The number of methoxy groups -OCH3 is 1. The number of ether oxygens (including phenoxy) is 1. The SMILES string of the molecule is COC(=O)Cc1ccnc(F)c1C(F)(F)F. The van der Waals surface area contributed by atoms with Crippen molar-refractivity contribution in [2.24, 2.45) is 0 Å². The first-order valence-corrected chi connectivity index (χ1v) is 4.13. The van der Waals surface area contributed by atoms with Crippen LogP contribution in [0.25, 0.3) is 0 Å². The molecule has 7 heteroatoms. The van der Waals surface area contributed by atoms with Crippen LogP contribution >= 0.6 is 0 Å². The Balaban J connectivity index is 3.18. The van der Waals surface area contributed by atoms with Crippen molar-refractivity contribution >= 4 is 5.97 Å². The van der Waals surface area contributed by atoms with Crippen molar-refractivity contribution in [3.05, 3.63) is 29.3 Å². The van der Waals surface area contributed by atoms with E-state index in [2.05, 4.69) is 9.72 Å². The first-order chi connectivity index (χ1) is 7.36. The number of pyridine rings is 1. The number of hydrogen-bond acceptors (Lipinski definition) is 3. The van der Waals surface area contributed by atoms with E-state index in [-0.39, 0.29) is 0 Å². The first-order valence-electron chi connectivity index (χ1n) is 4.13. The summed E-state index contributed by atoms with van der Waals surface area (Å²) in [4.78, 5) is 13.7. The maximum absolute atomic E-state index is 12.9. The molecule has 0 unspecified atom stereocenters. The molecule has 0 atom stereocenters. The van der Waals surface area contributed by atoms with Gasteiger partial charge >= 0.3 is 12.1 Å². The molecule has 1 rings (SSSR count). The van der Waals surface area contributed by atoms with E-state index >= 15 is 0 Å². The number of nitrogens with zero attached hydrogens (tertiary/aromatic N) is 1. The Morgan fingerprint density at radius 3 is 2.62 bits per heavy atom. The molecule has 0 aromatic carbocycles. The molecule has 0 radical (unpaired) electrons. The van der Waals surface area contributed by atoms with Crippen molar-refractivity contribution in [3.8, 4) is 0 Å². The van der Waals surface area contributed by atoms with Crippen LogP contribution in [-0.4, -0.2) is 18.1 Å². The summed E-state index contributed by atoms with van der Waals surface area (Å²) in [5.41, 5.74) is -2.02. The van der Waals surface area contributed by atoms with E-state index in [1.54, 1.807) is 0 Å². The fraction of sp³-hybridized carbons (Fsp3) is 0.333. The van der Waals surface area contributed by atoms with Crippen molar-refractivity contribution in [3.63, 3.8) is 0 Å². The van der Waals surface area contributed by atoms with Gasteiger partial charge in [0.25, 0.3) is 0 Å². The summed E-state index contributed by atoms with van der Waals surface area (Å²) in [6, 6.07) is 0.933. The van der Waals surface area contributed by atoms with Gasteiger partial charge in [0, 0.05) is 6.20 Å². The van der Waals surface area contributed by atoms with Gasteiger partial charge in [-0.05, 0) is 11.6 Å². The van der Waals surface area contributed by atoms with Crippen LogP contribution in [0, 0.1) is 5.95 Å². The third kappa shape index (κ3) is 2.68. The molecule has 0 aliphatic heterocycles. The summed E-state index contributed by atoms with van der Waals surface area (Å²) in [6.45, 7) is 0. The summed E-state index contributed by atoms with van der Waals surface area (Å²) < 4.78 is 54.4. The molecule has 1 heterocycles. The molecule has 3 nitrogen and oxygen atoms in total. The molecule has 0 fully saturated rings. The molecule has 0 N–H and O–H groups in total. The lowest BCUT2D eigenvalue weighted by molar-refractivity contribution is -0.143. The van der Waals surface area contributed by atoms with E-state index in [0.717, 1.165) is 19.4 Å². The second-order valence-corrected chi connectivity index (χ2v) is 2.89. The van der Waals surface area contributed by atoms with E-state index < -0.39 is 35.6 Å². The van der Waals surface area contributed by atoms with Crippen molar-refractivity contribution in [2.75, 3.05) is 7.11 Å². The van der Waals surface area contributed by atoms with Crippen LogP contribution in [0.3, 0.4) is 0 Å². The van der Waals surface area contributed by atoms with Crippen LogP contribution in [0.15, 0.2) is 12.3 Å². The monoisotopic (exact) mass is 237 g/mol. The van der Waals surface area contributed by atoms with Crippen LogP contribution < -0.4 is 0 Å². The Morgan fingerprint density at radius 2 is 2.12 bits per heavy atom. The second-order valence-electron chi connectivity index (χ2n) is 2.89. The number of aromatic nitrogens is 1. The van der Waals surface area contributed by atoms with Gasteiger partial charge in [0.15, 0.2) is 0 Å². The molecule has 0 amide bonds. The summed E-state index contributed by atoms with van der Waals surface area (Å²) in [7, 11) is 1.03. The Labute approximate surface area is 88.0 Å². The van der Waals surface area contributed by atoms with Gasteiger partial charge in [-0.3, -0.25) is 4.79 Å². The van der Waals surface area contributed by atoms with Gasteiger partial charge in [-0.25, -0.2) is 4.98 Å². The Bertz CT molecular complexity index is 403. The minimum absolute atomic E-state index is 0.494.